The zero-order valence-electron chi connectivity index (χ0n) is 10.3. The Hall–Kier alpha value is -1.37. The van der Waals surface area contributed by atoms with E-state index >= 15 is 0 Å². The van der Waals surface area contributed by atoms with Crippen LogP contribution in [-0.2, 0) is 0 Å². The van der Waals surface area contributed by atoms with Gasteiger partial charge in [-0.25, -0.2) is 0 Å². The molecule has 1 atom stereocenters. The first-order chi connectivity index (χ1) is 7.66. The van der Waals surface area contributed by atoms with Gasteiger partial charge in [-0.05, 0) is 30.4 Å². The van der Waals surface area contributed by atoms with Crippen LogP contribution in [0.15, 0.2) is 36.4 Å². The van der Waals surface area contributed by atoms with E-state index in [4.69, 9.17) is 4.98 Å². The highest BCUT2D eigenvalue weighted by Crippen LogP contribution is 2.23. The van der Waals surface area contributed by atoms with Crippen molar-refractivity contribution in [2.45, 2.75) is 33.1 Å². The van der Waals surface area contributed by atoms with Crippen molar-refractivity contribution in [2.24, 2.45) is 5.92 Å². The third-order valence-corrected chi connectivity index (χ3v) is 2.95. The number of rotatable bonds is 3. The van der Waals surface area contributed by atoms with E-state index in [-0.39, 0.29) is 0 Å². The van der Waals surface area contributed by atoms with E-state index in [1.54, 1.807) is 0 Å². The number of hydrogen-bond acceptors (Lipinski definition) is 1. The first-order valence-electron chi connectivity index (χ1n) is 6.02. The molecule has 1 aromatic heterocycles. The van der Waals surface area contributed by atoms with E-state index in [2.05, 4.69) is 51.1 Å². The van der Waals surface area contributed by atoms with Crippen LogP contribution in [0.5, 0.6) is 0 Å². The largest absolute Gasteiger partial charge is 0.253 e. The molecule has 0 saturated carbocycles. The Kier molecular flexibility index (Phi) is 3.23. The number of para-hydroxylation sites is 1. The summed E-state index contributed by atoms with van der Waals surface area (Å²) in [5, 5.41) is 1.22. The zero-order chi connectivity index (χ0) is 11.5. The standard InChI is InChI=1S/C15H19N/c1-11(2)10-12(3)14-9-8-13-6-4-5-7-15(13)16-14/h4-9,11-12H,10H2,1-3H3. The molecule has 0 amide bonds. The minimum atomic E-state index is 0.546. The van der Waals surface area contributed by atoms with E-state index in [0.29, 0.717) is 5.92 Å². The maximum atomic E-state index is 4.73. The number of pyridine rings is 1. The minimum Gasteiger partial charge on any atom is -0.253 e. The van der Waals surface area contributed by atoms with Crippen molar-refractivity contribution in [3.8, 4) is 0 Å². The molecule has 1 unspecified atom stereocenters. The van der Waals surface area contributed by atoms with Crippen LogP contribution in [0.4, 0.5) is 0 Å². The van der Waals surface area contributed by atoms with Gasteiger partial charge in [-0.3, -0.25) is 4.98 Å². The Morgan fingerprint density at radius 3 is 2.50 bits per heavy atom. The lowest BCUT2D eigenvalue weighted by atomic mass is 9.95. The highest BCUT2D eigenvalue weighted by molar-refractivity contribution is 5.78. The first-order valence-corrected chi connectivity index (χ1v) is 6.02. The third-order valence-electron chi connectivity index (χ3n) is 2.95. The maximum Gasteiger partial charge on any atom is 0.0705 e. The smallest absolute Gasteiger partial charge is 0.0705 e. The lowest BCUT2D eigenvalue weighted by Gasteiger charge is -2.13. The molecule has 0 N–H and O–H groups in total. The Morgan fingerprint density at radius 2 is 1.75 bits per heavy atom. The van der Waals surface area contributed by atoms with Crippen molar-refractivity contribution in [3.63, 3.8) is 0 Å². The molecule has 1 aromatic carbocycles. The van der Waals surface area contributed by atoms with Crippen LogP contribution in [0, 0.1) is 5.92 Å². The van der Waals surface area contributed by atoms with Crippen LogP contribution in [0.25, 0.3) is 10.9 Å². The Morgan fingerprint density at radius 1 is 1.00 bits per heavy atom. The van der Waals surface area contributed by atoms with Gasteiger partial charge in [-0.1, -0.05) is 45.0 Å². The van der Waals surface area contributed by atoms with Crippen LogP contribution in [0.1, 0.15) is 38.8 Å². The lowest BCUT2D eigenvalue weighted by Crippen LogP contribution is -2.01. The van der Waals surface area contributed by atoms with Crippen LogP contribution in [-0.4, -0.2) is 4.98 Å². The molecular formula is C15H19N. The van der Waals surface area contributed by atoms with Crippen molar-refractivity contribution < 1.29 is 0 Å². The highest BCUT2D eigenvalue weighted by Gasteiger charge is 2.09. The molecule has 1 nitrogen and oxygen atoms in total. The molecule has 84 valence electrons. The summed E-state index contributed by atoms with van der Waals surface area (Å²) in [6.45, 7) is 6.78. The minimum absolute atomic E-state index is 0.546. The molecule has 0 aliphatic carbocycles. The Balaban J connectivity index is 2.32. The summed E-state index contributed by atoms with van der Waals surface area (Å²) in [6, 6.07) is 12.6. The van der Waals surface area contributed by atoms with Crippen molar-refractivity contribution >= 4 is 10.9 Å². The van der Waals surface area contributed by atoms with Crippen molar-refractivity contribution in [1.82, 2.24) is 4.98 Å². The number of hydrogen-bond donors (Lipinski definition) is 0. The van der Waals surface area contributed by atoms with Crippen molar-refractivity contribution in [3.05, 3.63) is 42.1 Å². The fraction of sp³-hybridized carbons (Fsp3) is 0.400. The molecule has 2 aromatic rings. The van der Waals surface area contributed by atoms with Crippen LogP contribution < -0.4 is 0 Å². The fourth-order valence-corrected chi connectivity index (χ4v) is 2.18. The van der Waals surface area contributed by atoms with E-state index in [9.17, 15) is 0 Å². The Bertz CT molecular complexity index is 474. The second kappa shape index (κ2) is 4.65. The van der Waals surface area contributed by atoms with E-state index in [1.807, 2.05) is 6.07 Å². The van der Waals surface area contributed by atoms with E-state index < -0.39 is 0 Å². The van der Waals surface area contributed by atoms with E-state index in [1.165, 1.54) is 17.5 Å². The summed E-state index contributed by atoms with van der Waals surface area (Å²) in [4.78, 5) is 4.73. The highest BCUT2D eigenvalue weighted by atomic mass is 14.7. The van der Waals surface area contributed by atoms with Gasteiger partial charge < -0.3 is 0 Å². The SMILES string of the molecule is CC(C)CC(C)c1ccc2ccccc2n1. The van der Waals surface area contributed by atoms with Crippen molar-refractivity contribution in [1.29, 1.82) is 0 Å². The molecular weight excluding hydrogens is 194 g/mol. The number of fused-ring (bicyclic) bond motifs is 1. The molecule has 0 spiro atoms. The maximum absolute atomic E-state index is 4.73. The fourth-order valence-electron chi connectivity index (χ4n) is 2.18. The summed E-state index contributed by atoms with van der Waals surface area (Å²) in [5.74, 6) is 1.27. The molecule has 0 aliphatic heterocycles. The molecule has 0 bridgehead atoms. The summed E-state index contributed by atoms with van der Waals surface area (Å²) >= 11 is 0. The lowest BCUT2D eigenvalue weighted by molar-refractivity contribution is 0.517. The normalized spacial score (nSPS) is 13.2. The molecule has 1 heterocycles. The molecule has 2 rings (SSSR count). The topological polar surface area (TPSA) is 12.9 Å². The van der Waals surface area contributed by atoms with Gasteiger partial charge in [-0.2, -0.15) is 0 Å². The Labute approximate surface area is 97.5 Å². The van der Waals surface area contributed by atoms with Gasteiger partial charge in [0, 0.05) is 11.1 Å². The molecule has 0 fully saturated rings. The average molecular weight is 213 g/mol. The van der Waals surface area contributed by atoms with Crippen LogP contribution in [0.2, 0.25) is 0 Å². The number of nitrogens with zero attached hydrogens (tertiary/aromatic N) is 1. The van der Waals surface area contributed by atoms with Crippen LogP contribution in [0.3, 0.4) is 0 Å². The van der Waals surface area contributed by atoms with E-state index in [0.717, 1.165) is 11.4 Å². The number of benzene rings is 1. The van der Waals surface area contributed by atoms with Gasteiger partial charge in [0.2, 0.25) is 0 Å². The molecule has 16 heavy (non-hydrogen) atoms. The van der Waals surface area contributed by atoms with Gasteiger partial charge in [0.1, 0.15) is 0 Å². The quantitative estimate of drug-likeness (QED) is 0.737. The van der Waals surface area contributed by atoms with Crippen molar-refractivity contribution in [2.75, 3.05) is 0 Å². The van der Waals surface area contributed by atoms with Crippen LogP contribution >= 0.6 is 0 Å². The van der Waals surface area contributed by atoms with Gasteiger partial charge >= 0.3 is 0 Å². The van der Waals surface area contributed by atoms with Gasteiger partial charge in [0.25, 0.3) is 0 Å². The zero-order valence-corrected chi connectivity index (χ0v) is 10.3. The third kappa shape index (κ3) is 2.41. The summed E-state index contributed by atoms with van der Waals surface area (Å²) in [5.41, 5.74) is 2.32. The average Bonchev–Trinajstić information content (AvgIpc) is 2.27. The first kappa shape index (κ1) is 11.1. The number of aromatic nitrogens is 1. The second-order valence-electron chi connectivity index (χ2n) is 4.96. The van der Waals surface area contributed by atoms with Gasteiger partial charge in [0.15, 0.2) is 0 Å². The molecule has 0 aliphatic rings. The summed E-state index contributed by atoms with van der Waals surface area (Å²) in [7, 11) is 0. The molecule has 1 heteroatoms. The summed E-state index contributed by atoms with van der Waals surface area (Å²) < 4.78 is 0. The molecule has 0 radical (unpaired) electrons. The van der Waals surface area contributed by atoms with Gasteiger partial charge in [0.05, 0.1) is 5.52 Å². The van der Waals surface area contributed by atoms with Gasteiger partial charge in [-0.15, -0.1) is 0 Å². The summed E-state index contributed by atoms with van der Waals surface area (Å²) in [6.07, 6.45) is 1.20. The second-order valence-corrected chi connectivity index (χ2v) is 4.96. The predicted octanol–water partition coefficient (Wildman–Crippen LogP) is 4.38. The monoisotopic (exact) mass is 213 g/mol. The predicted molar refractivity (Wildman–Crippen MR) is 69.6 cm³/mol. The molecule has 0 saturated heterocycles.